The van der Waals surface area contributed by atoms with Gasteiger partial charge in [0.05, 0.1) is 0 Å². The average molecular weight is 330 g/mol. The minimum absolute atomic E-state index is 0.00360. The van der Waals surface area contributed by atoms with Gasteiger partial charge in [-0.3, -0.25) is 0 Å². The van der Waals surface area contributed by atoms with Crippen molar-refractivity contribution in [1.29, 1.82) is 0 Å². The number of hydrogen-bond donors (Lipinski definition) is 2. The minimum Gasteiger partial charge on any atom is -0.371 e. The van der Waals surface area contributed by atoms with E-state index in [1.807, 2.05) is 6.07 Å². The van der Waals surface area contributed by atoms with Crippen LogP contribution in [0.4, 0.5) is 10.5 Å². The SMILES string of the molecule is CCN1CCCC(NC(=O)NCC2CCN(c3ccccc3)C2)C1. The van der Waals surface area contributed by atoms with Crippen LogP contribution in [0.25, 0.3) is 0 Å². The summed E-state index contributed by atoms with van der Waals surface area (Å²) in [6.07, 6.45) is 3.41. The van der Waals surface area contributed by atoms with Gasteiger partial charge in [-0.15, -0.1) is 0 Å². The van der Waals surface area contributed by atoms with Gasteiger partial charge in [-0.2, -0.15) is 0 Å². The smallest absolute Gasteiger partial charge is 0.315 e. The molecule has 2 amide bonds. The van der Waals surface area contributed by atoms with E-state index in [1.165, 1.54) is 12.1 Å². The average Bonchev–Trinajstić information content (AvgIpc) is 3.10. The van der Waals surface area contributed by atoms with Crippen LogP contribution in [-0.4, -0.2) is 56.2 Å². The first kappa shape index (κ1) is 17.1. The summed E-state index contributed by atoms with van der Waals surface area (Å²) in [4.78, 5) is 17.0. The quantitative estimate of drug-likeness (QED) is 0.871. The van der Waals surface area contributed by atoms with Gasteiger partial charge >= 0.3 is 6.03 Å². The summed E-state index contributed by atoms with van der Waals surface area (Å²) in [6, 6.07) is 10.8. The molecule has 0 radical (unpaired) electrons. The summed E-state index contributed by atoms with van der Waals surface area (Å²) in [5.41, 5.74) is 1.28. The number of likely N-dealkylation sites (N-methyl/N-ethyl adjacent to an activating group) is 1. The Labute approximate surface area is 145 Å². The Morgan fingerprint density at radius 3 is 2.79 bits per heavy atom. The van der Waals surface area contributed by atoms with Crippen LogP contribution in [-0.2, 0) is 0 Å². The fourth-order valence-corrected chi connectivity index (χ4v) is 3.81. The molecule has 0 aromatic heterocycles. The standard InChI is InChI=1S/C19H30N4O/c1-2-22-11-6-7-17(15-22)21-19(24)20-13-16-10-12-23(14-16)18-8-4-3-5-9-18/h3-5,8-9,16-17H,2,6-7,10-15H2,1H3,(H2,20,21,24). The second kappa shape index (κ2) is 8.38. The zero-order chi connectivity index (χ0) is 16.8. The maximum atomic E-state index is 12.2. The molecule has 2 aliphatic heterocycles. The van der Waals surface area contributed by atoms with E-state index in [-0.39, 0.29) is 6.03 Å². The maximum Gasteiger partial charge on any atom is 0.315 e. The molecule has 2 fully saturated rings. The molecule has 0 saturated carbocycles. The fourth-order valence-electron chi connectivity index (χ4n) is 3.81. The first-order chi connectivity index (χ1) is 11.7. The van der Waals surface area contributed by atoms with E-state index in [2.05, 4.69) is 51.6 Å². The van der Waals surface area contributed by atoms with E-state index >= 15 is 0 Å². The predicted octanol–water partition coefficient (Wildman–Crippen LogP) is 2.30. The number of para-hydroxylation sites is 1. The van der Waals surface area contributed by atoms with Crippen molar-refractivity contribution in [3.05, 3.63) is 30.3 Å². The zero-order valence-electron chi connectivity index (χ0n) is 14.7. The number of rotatable bonds is 5. The van der Waals surface area contributed by atoms with Crippen molar-refractivity contribution in [1.82, 2.24) is 15.5 Å². The van der Waals surface area contributed by atoms with Gasteiger partial charge in [0.2, 0.25) is 0 Å². The van der Waals surface area contributed by atoms with Gasteiger partial charge in [0, 0.05) is 37.9 Å². The summed E-state index contributed by atoms with van der Waals surface area (Å²) in [7, 11) is 0. The number of hydrogen-bond acceptors (Lipinski definition) is 3. The largest absolute Gasteiger partial charge is 0.371 e. The molecule has 2 unspecified atom stereocenters. The number of carbonyl (C=O) groups excluding carboxylic acids is 1. The second-order valence-electron chi connectivity index (χ2n) is 7.02. The molecule has 0 spiro atoms. The van der Waals surface area contributed by atoms with Gasteiger partial charge in [-0.25, -0.2) is 4.79 Å². The van der Waals surface area contributed by atoms with Gasteiger partial charge < -0.3 is 20.4 Å². The van der Waals surface area contributed by atoms with Crippen LogP contribution < -0.4 is 15.5 Å². The number of anilines is 1. The van der Waals surface area contributed by atoms with Crippen LogP contribution in [0.3, 0.4) is 0 Å². The monoisotopic (exact) mass is 330 g/mol. The molecule has 132 valence electrons. The Kier molecular flexibility index (Phi) is 5.96. The first-order valence-corrected chi connectivity index (χ1v) is 9.31. The van der Waals surface area contributed by atoms with Crippen molar-refractivity contribution < 1.29 is 4.79 Å². The van der Waals surface area contributed by atoms with Crippen LogP contribution in [0.2, 0.25) is 0 Å². The van der Waals surface area contributed by atoms with E-state index in [0.717, 1.165) is 52.1 Å². The van der Waals surface area contributed by atoms with E-state index in [9.17, 15) is 4.79 Å². The lowest BCUT2D eigenvalue weighted by molar-refractivity contribution is 0.192. The predicted molar refractivity (Wildman–Crippen MR) is 98.4 cm³/mol. The first-order valence-electron chi connectivity index (χ1n) is 9.31. The molecule has 2 atom stereocenters. The number of nitrogens with one attached hydrogen (secondary N) is 2. The van der Waals surface area contributed by atoms with E-state index < -0.39 is 0 Å². The summed E-state index contributed by atoms with van der Waals surface area (Å²) in [5.74, 6) is 0.537. The summed E-state index contributed by atoms with van der Waals surface area (Å²) in [6.45, 7) is 8.25. The zero-order valence-corrected chi connectivity index (χ0v) is 14.7. The van der Waals surface area contributed by atoms with Gasteiger partial charge in [0.25, 0.3) is 0 Å². The molecular weight excluding hydrogens is 300 g/mol. The van der Waals surface area contributed by atoms with Crippen LogP contribution in [0, 0.1) is 5.92 Å². The van der Waals surface area contributed by atoms with Crippen LogP contribution in [0.5, 0.6) is 0 Å². The molecule has 2 aliphatic rings. The molecule has 0 aliphatic carbocycles. The van der Waals surface area contributed by atoms with Gasteiger partial charge in [0.1, 0.15) is 0 Å². The Morgan fingerprint density at radius 2 is 2.00 bits per heavy atom. The highest BCUT2D eigenvalue weighted by Gasteiger charge is 2.24. The number of nitrogens with zero attached hydrogens (tertiary/aromatic N) is 2. The third-order valence-corrected chi connectivity index (χ3v) is 5.25. The maximum absolute atomic E-state index is 12.2. The molecule has 1 aromatic carbocycles. The highest BCUT2D eigenvalue weighted by atomic mass is 16.2. The van der Waals surface area contributed by atoms with Crippen molar-refractivity contribution in [2.24, 2.45) is 5.92 Å². The number of amides is 2. The van der Waals surface area contributed by atoms with Crippen LogP contribution in [0.1, 0.15) is 26.2 Å². The lowest BCUT2D eigenvalue weighted by Gasteiger charge is -2.32. The molecule has 2 saturated heterocycles. The molecule has 2 heterocycles. The molecule has 1 aromatic rings. The van der Waals surface area contributed by atoms with Gasteiger partial charge in [-0.05, 0) is 50.4 Å². The summed E-state index contributed by atoms with van der Waals surface area (Å²) < 4.78 is 0. The molecular formula is C19H30N4O. The van der Waals surface area contributed by atoms with E-state index in [4.69, 9.17) is 0 Å². The molecule has 5 heteroatoms. The Balaban J connectivity index is 1.38. The highest BCUT2D eigenvalue weighted by Crippen LogP contribution is 2.22. The summed E-state index contributed by atoms with van der Waals surface area (Å²) >= 11 is 0. The van der Waals surface area contributed by atoms with E-state index in [0.29, 0.717) is 12.0 Å². The fraction of sp³-hybridized carbons (Fsp3) is 0.632. The molecule has 3 rings (SSSR count). The normalized spacial score (nSPS) is 24.8. The number of benzene rings is 1. The lowest BCUT2D eigenvalue weighted by atomic mass is 10.1. The Bertz CT molecular complexity index is 521. The van der Waals surface area contributed by atoms with Crippen LogP contribution >= 0.6 is 0 Å². The molecule has 2 N–H and O–H groups in total. The van der Waals surface area contributed by atoms with Crippen molar-refractivity contribution in [3.8, 4) is 0 Å². The topological polar surface area (TPSA) is 47.6 Å². The van der Waals surface area contributed by atoms with Crippen molar-refractivity contribution in [2.45, 2.75) is 32.2 Å². The number of carbonyl (C=O) groups is 1. The van der Waals surface area contributed by atoms with E-state index in [1.54, 1.807) is 0 Å². The third kappa shape index (κ3) is 4.63. The number of urea groups is 1. The number of likely N-dealkylation sites (tertiary alicyclic amines) is 1. The van der Waals surface area contributed by atoms with Crippen molar-refractivity contribution in [3.63, 3.8) is 0 Å². The van der Waals surface area contributed by atoms with Crippen LogP contribution in [0.15, 0.2) is 30.3 Å². The minimum atomic E-state index is -0.00360. The molecule has 5 nitrogen and oxygen atoms in total. The highest BCUT2D eigenvalue weighted by molar-refractivity contribution is 5.74. The number of piperidine rings is 1. The van der Waals surface area contributed by atoms with Crippen molar-refractivity contribution >= 4 is 11.7 Å². The summed E-state index contributed by atoms with van der Waals surface area (Å²) in [5, 5.41) is 6.23. The Hall–Kier alpha value is -1.75. The molecule has 0 bridgehead atoms. The third-order valence-electron chi connectivity index (χ3n) is 5.25. The molecule has 24 heavy (non-hydrogen) atoms. The van der Waals surface area contributed by atoms with Crippen molar-refractivity contribution in [2.75, 3.05) is 44.2 Å². The van der Waals surface area contributed by atoms with Gasteiger partial charge in [0.15, 0.2) is 0 Å². The Morgan fingerprint density at radius 1 is 1.17 bits per heavy atom. The second-order valence-corrected chi connectivity index (χ2v) is 7.02. The lowest BCUT2D eigenvalue weighted by Crippen LogP contribution is -2.51. The van der Waals surface area contributed by atoms with Gasteiger partial charge in [-0.1, -0.05) is 25.1 Å².